The molecule has 0 heterocycles. The Hall–Kier alpha value is -0.280. The van der Waals surface area contributed by atoms with Crippen molar-refractivity contribution in [2.75, 3.05) is 0 Å². The minimum Gasteiger partial charge on any atom is -0.346 e. The van der Waals surface area contributed by atoms with Crippen LogP contribution in [-0.2, 0) is 0 Å². The SMILES string of the molecule is ONC(O)(O)C(O)(O)O. The second-order valence-electron chi connectivity index (χ2n) is 1.42. The van der Waals surface area contributed by atoms with Gasteiger partial charge in [0.05, 0.1) is 0 Å². The van der Waals surface area contributed by atoms with E-state index in [-0.39, 0.29) is 0 Å². The van der Waals surface area contributed by atoms with Gasteiger partial charge in [-0.1, -0.05) is 0 Å². The van der Waals surface area contributed by atoms with Gasteiger partial charge in [0.2, 0.25) is 0 Å². The van der Waals surface area contributed by atoms with Crippen LogP contribution in [0.25, 0.3) is 0 Å². The van der Waals surface area contributed by atoms with Crippen LogP contribution in [0.3, 0.4) is 0 Å². The predicted octanol–water partition coefficient (Wildman–Crippen LogP) is -3.77. The van der Waals surface area contributed by atoms with Crippen molar-refractivity contribution >= 4 is 0 Å². The highest BCUT2D eigenvalue weighted by Gasteiger charge is 2.46. The molecular formula is C2H7NO6. The molecule has 0 fully saturated rings. The molecule has 0 aliphatic rings. The van der Waals surface area contributed by atoms with E-state index in [4.69, 9.17) is 30.7 Å². The summed E-state index contributed by atoms with van der Waals surface area (Å²) in [4.78, 5) is 0. The zero-order chi connectivity index (χ0) is 7.71. The highest BCUT2D eigenvalue weighted by molar-refractivity contribution is 4.63. The van der Waals surface area contributed by atoms with Crippen molar-refractivity contribution in [1.82, 2.24) is 5.48 Å². The molecule has 0 saturated carbocycles. The van der Waals surface area contributed by atoms with Crippen LogP contribution in [0.1, 0.15) is 0 Å². The molecule has 0 aromatic rings. The highest BCUT2D eigenvalue weighted by Crippen LogP contribution is 2.07. The maximum absolute atomic E-state index is 8.10. The third-order valence-corrected chi connectivity index (χ3v) is 0.624. The highest BCUT2D eigenvalue weighted by atomic mass is 16.8. The summed E-state index contributed by atoms with van der Waals surface area (Å²) in [7, 11) is 0. The summed E-state index contributed by atoms with van der Waals surface area (Å²) in [6, 6.07) is 0. The fourth-order valence-electron chi connectivity index (χ4n) is 0.0750. The van der Waals surface area contributed by atoms with Crippen LogP contribution >= 0.6 is 0 Å². The average molecular weight is 141 g/mol. The molecule has 0 aliphatic carbocycles. The molecule has 0 atom stereocenters. The molecule has 0 aromatic heterocycles. The van der Waals surface area contributed by atoms with Crippen LogP contribution in [-0.4, -0.2) is 42.6 Å². The number of rotatable bonds is 2. The summed E-state index contributed by atoms with van der Waals surface area (Å²) >= 11 is 0. The molecule has 9 heavy (non-hydrogen) atoms. The molecule has 0 amide bonds. The van der Waals surface area contributed by atoms with Crippen LogP contribution in [0.4, 0.5) is 0 Å². The van der Waals surface area contributed by atoms with Gasteiger partial charge < -0.3 is 30.7 Å². The predicted molar refractivity (Wildman–Crippen MR) is 21.5 cm³/mol. The first kappa shape index (κ1) is 8.72. The molecule has 0 unspecified atom stereocenters. The number of hydrogen-bond acceptors (Lipinski definition) is 7. The molecule has 7 nitrogen and oxygen atoms in total. The lowest BCUT2D eigenvalue weighted by atomic mass is 10.4. The van der Waals surface area contributed by atoms with Crippen LogP contribution in [0.2, 0.25) is 0 Å². The van der Waals surface area contributed by atoms with E-state index in [1.165, 1.54) is 0 Å². The van der Waals surface area contributed by atoms with Gasteiger partial charge in [0, 0.05) is 0 Å². The maximum atomic E-state index is 8.10. The largest absolute Gasteiger partial charge is 0.351 e. The first-order valence-corrected chi connectivity index (χ1v) is 1.84. The van der Waals surface area contributed by atoms with Gasteiger partial charge in [-0.15, -0.1) is 5.48 Å². The number of nitrogens with one attached hydrogen (secondary N) is 1. The topological polar surface area (TPSA) is 133 Å². The fourth-order valence-corrected chi connectivity index (χ4v) is 0.0750. The van der Waals surface area contributed by atoms with Gasteiger partial charge in [-0.25, -0.2) is 0 Å². The zero-order valence-electron chi connectivity index (χ0n) is 4.18. The molecule has 7 N–H and O–H groups in total. The Morgan fingerprint density at radius 3 is 1.22 bits per heavy atom. The Balaban J connectivity index is 4.14. The van der Waals surface area contributed by atoms with E-state index in [0.29, 0.717) is 5.48 Å². The van der Waals surface area contributed by atoms with Crippen molar-refractivity contribution in [1.29, 1.82) is 0 Å². The fraction of sp³-hybridized carbons (Fsp3) is 1.00. The second-order valence-corrected chi connectivity index (χ2v) is 1.42. The number of hydroxylamine groups is 1. The van der Waals surface area contributed by atoms with Gasteiger partial charge in [-0.3, -0.25) is 0 Å². The van der Waals surface area contributed by atoms with Crippen molar-refractivity contribution in [2.45, 2.75) is 11.9 Å². The molecule has 0 aliphatic heterocycles. The van der Waals surface area contributed by atoms with Gasteiger partial charge in [0.15, 0.2) is 0 Å². The van der Waals surface area contributed by atoms with Crippen molar-refractivity contribution < 1.29 is 30.7 Å². The first-order chi connectivity index (χ1) is 3.81. The summed E-state index contributed by atoms with van der Waals surface area (Å²) < 4.78 is 0. The lowest BCUT2D eigenvalue weighted by molar-refractivity contribution is -0.471. The summed E-state index contributed by atoms with van der Waals surface area (Å²) in [5, 5.41) is 47.7. The Morgan fingerprint density at radius 2 is 1.22 bits per heavy atom. The summed E-state index contributed by atoms with van der Waals surface area (Å²) in [6.45, 7) is 0. The Kier molecular flexibility index (Phi) is 2.09. The summed E-state index contributed by atoms with van der Waals surface area (Å²) in [5.41, 5.74) is 0.642. The first-order valence-electron chi connectivity index (χ1n) is 1.84. The standard InChI is InChI=1S/C2H7NO6/c4-1(5,3-9)2(6,7)8/h3-9H. The van der Waals surface area contributed by atoms with Crippen molar-refractivity contribution in [3.63, 3.8) is 0 Å². The van der Waals surface area contributed by atoms with Crippen LogP contribution in [0.5, 0.6) is 0 Å². The monoisotopic (exact) mass is 141 g/mol. The van der Waals surface area contributed by atoms with Gasteiger partial charge in [0.1, 0.15) is 0 Å². The Morgan fingerprint density at radius 1 is 0.889 bits per heavy atom. The van der Waals surface area contributed by atoms with Gasteiger partial charge in [-0.05, 0) is 0 Å². The average Bonchev–Trinajstić information content (AvgIpc) is 1.64. The second kappa shape index (κ2) is 2.15. The molecule has 0 saturated heterocycles. The molecular weight excluding hydrogens is 134 g/mol. The summed E-state index contributed by atoms with van der Waals surface area (Å²) in [5.74, 6) is -7.35. The van der Waals surface area contributed by atoms with E-state index in [1.54, 1.807) is 0 Å². The third kappa shape index (κ3) is 1.84. The normalized spacial score (nSPS) is 14.0. The van der Waals surface area contributed by atoms with E-state index in [9.17, 15) is 0 Å². The van der Waals surface area contributed by atoms with Crippen LogP contribution in [0.15, 0.2) is 0 Å². The van der Waals surface area contributed by atoms with Crippen molar-refractivity contribution in [3.8, 4) is 0 Å². The molecule has 7 heteroatoms. The molecule has 0 radical (unpaired) electrons. The molecule has 0 spiro atoms. The van der Waals surface area contributed by atoms with Crippen molar-refractivity contribution in [3.05, 3.63) is 0 Å². The molecule has 0 aromatic carbocycles. The lowest BCUT2D eigenvalue weighted by Crippen LogP contribution is -2.62. The van der Waals surface area contributed by atoms with Gasteiger partial charge in [0.25, 0.3) is 0 Å². The zero-order valence-corrected chi connectivity index (χ0v) is 4.18. The molecule has 0 bridgehead atoms. The quantitative estimate of drug-likeness (QED) is 0.155. The number of hydrogen-bond donors (Lipinski definition) is 7. The van der Waals surface area contributed by atoms with E-state index in [2.05, 4.69) is 0 Å². The van der Waals surface area contributed by atoms with Crippen molar-refractivity contribution in [2.24, 2.45) is 0 Å². The van der Waals surface area contributed by atoms with Crippen LogP contribution in [0, 0.1) is 0 Å². The third-order valence-electron chi connectivity index (χ3n) is 0.624. The molecule has 0 rings (SSSR count). The number of aliphatic hydroxyl groups is 5. The maximum Gasteiger partial charge on any atom is 0.351 e. The minimum atomic E-state index is -3.80. The molecule has 56 valence electrons. The summed E-state index contributed by atoms with van der Waals surface area (Å²) in [6.07, 6.45) is 0. The Bertz CT molecular complexity index is 93.7. The lowest BCUT2D eigenvalue weighted by Gasteiger charge is -2.27. The van der Waals surface area contributed by atoms with E-state index in [1.807, 2.05) is 0 Å². The van der Waals surface area contributed by atoms with Crippen LogP contribution < -0.4 is 5.48 Å². The van der Waals surface area contributed by atoms with Gasteiger partial charge >= 0.3 is 11.9 Å². The Labute approximate surface area is 49.4 Å². The van der Waals surface area contributed by atoms with Gasteiger partial charge in [-0.2, -0.15) is 0 Å². The van der Waals surface area contributed by atoms with E-state index >= 15 is 0 Å². The van der Waals surface area contributed by atoms with E-state index in [0.717, 1.165) is 0 Å². The smallest absolute Gasteiger partial charge is 0.346 e. The van der Waals surface area contributed by atoms with E-state index < -0.39 is 11.9 Å². The minimum absolute atomic E-state index is 0.642.